The summed E-state index contributed by atoms with van der Waals surface area (Å²) >= 11 is 3.24. The Morgan fingerprint density at radius 3 is 2.22 bits per heavy atom. The molecule has 0 fully saturated rings. The van der Waals surface area contributed by atoms with Gasteiger partial charge in [-0.15, -0.1) is 0 Å². The van der Waals surface area contributed by atoms with Gasteiger partial charge in [0.05, 0.1) is 0 Å². The summed E-state index contributed by atoms with van der Waals surface area (Å²) in [4.78, 5) is 0. The van der Waals surface area contributed by atoms with Crippen LogP contribution in [0.4, 0.5) is 4.39 Å². The highest BCUT2D eigenvalue weighted by Gasteiger charge is 1.89. The van der Waals surface area contributed by atoms with Crippen molar-refractivity contribution in [1.29, 1.82) is 0 Å². The van der Waals surface area contributed by atoms with E-state index in [9.17, 15) is 4.39 Å². The van der Waals surface area contributed by atoms with Crippen molar-refractivity contribution in [2.24, 2.45) is 0 Å². The van der Waals surface area contributed by atoms with Crippen molar-refractivity contribution in [1.82, 2.24) is 0 Å². The van der Waals surface area contributed by atoms with Gasteiger partial charge in [-0.25, -0.2) is 4.39 Å². The molecule has 2 heteroatoms. The predicted octanol–water partition coefficient (Wildman–Crippen LogP) is 2.93. The number of halogens is 2. The zero-order valence-electron chi connectivity index (χ0n) is 4.64. The molecule has 0 N–H and O–H groups in total. The van der Waals surface area contributed by atoms with Gasteiger partial charge in [0, 0.05) is 4.47 Å². The quantitative estimate of drug-likeness (QED) is 0.635. The van der Waals surface area contributed by atoms with Gasteiger partial charge >= 0.3 is 0 Å². The smallest absolute Gasteiger partial charge is 0.160 e. The SMILES string of the molecule is F[CH]c1ccc(Br)cc1. The summed E-state index contributed by atoms with van der Waals surface area (Å²) in [7, 11) is 0. The summed E-state index contributed by atoms with van der Waals surface area (Å²) in [6.45, 7) is 0.576. The molecule has 0 nitrogen and oxygen atoms in total. The monoisotopic (exact) mass is 187 g/mol. The number of hydrogen-bond acceptors (Lipinski definition) is 0. The van der Waals surface area contributed by atoms with Gasteiger partial charge in [0.25, 0.3) is 0 Å². The summed E-state index contributed by atoms with van der Waals surface area (Å²) in [5.74, 6) is 0. The van der Waals surface area contributed by atoms with E-state index in [0.29, 0.717) is 12.2 Å². The van der Waals surface area contributed by atoms with Crippen molar-refractivity contribution in [2.75, 3.05) is 0 Å². The van der Waals surface area contributed by atoms with Gasteiger partial charge in [-0.1, -0.05) is 28.1 Å². The molecule has 9 heavy (non-hydrogen) atoms. The van der Waals surface area contributed by atoms with Gasteiger partial charge in [0.2, 0.25) is 0 Å². The third-order valence-electron chi connectivity index (χ3n) is 0.996. The molecule has 47 valence electrons. The Balaban J connectivity index is 2.88. The molecule has 1 aromatic rings. The van der Waals surface area contributed by atoms with Crippen LogP contribution in [0.25, 0.3) is 0 Å². The summed E-state index contributed by atoms with van der Waals surface area (Å²) < 4.78 is 12.7. The number of rotatable bonds is 1. The van der Waals surface area contributed by atoms with Crippen molar-refractivity contribution in [3.63, 3.8) is 0 Å². The highest BCUT2D eigenvalue weighted by atomic mass is 79.9. The first-order valence-electron chi connectivity index (χ1n) is 2.52. The lowest BCUT2D eigenvalue weighted by Gasteiger charge is -1.90. The molecule has 1 aromatic carbocycles. The van der Waals surface area contributed by atoms with Crippen LogP contribution in [0.5, 0.6) is 0 Å². The van der Waals surface area contributed by atoms with Crippen LogP contribution >= 0.6 is 15.9 Å². The minimum atomic E-state index is 0.576. The third-order valence-corrected chi connectivity index (χ3v) is 1.52. The average Bonchev–Trinajstić information content (AvgIpc) is 1.90. The first-order valence-corrected chi connectivity index (χ1v) is 3.31. The molecule has 0 saturated heterocycles. The van der Waals surface area contributed by atoms with Gasteiger partial charge in [0.1, 0.15) is 0 Å². The Labute approximate surface area is 61.8 Å². The highest BCUT2D eigenvalue weighted by Crippen LogP contribution is 2.11. The standard InChI is InChI=1S/C7H5BrF/c8-7-3-1-6(5-9)2-4-7/h1-5H. The van der Waals surface area contributed by atoms with Crippen molar-refractivity contribution in [3.05, 3.63) is 41.0 Å². The fourth-order valence-corrected chi connectivity index (χ4v) is 0.800. The molecular formula is C7H5BrF. The van der Waals surface area contributed by atoms with Gasteiger partial charge in [-0.05, 0) is 17.7 Å². The zero-order valence-corrected chi connectivity index (χ0v) is 6.23. The van der Waals surface area contributed by atoms with Crippen molar-refractivity contribution >= 4 is 15.9 Å². The Kier molecular flexibility index (Phi) is 2.22. The fourth-order valence-electron chi connectivity index (χ4n) is 0.536. The molecule has 0 amide bonds. The van der Waals surface area contributed by atoms with E-state index in [0.717, 1.165) is 4.47 Å². The molecule has 0 saturated carbocycles. The second-order valence-electron chi connectivity index (χ2n) is 1.66. The molecule has 0 aliphatic carbocycles. The van der Waals surface area contributed by atoms with Gasteiger partial charge < -0.3 is 0 Å². The summed E-state index contributed by atoms with van der Waals surface area (Å²) in [5.41, 5.74) is 0.596. The molecule has 0 bridgehead atoms. The fraction of sp³-hybridized carbons (Fsp3) is 0. The van der Waals surface area contributed by atoms with Crippen LogP contribution in [0, 0.1) is 6.67 Å². The van der Waals surface area contributed by atoms with E-state index < -0.39 is 0 Å². The maximum absolute atomic E-state index is 11.7. The number of benzene rings is 1. The van der Waals surface area contributed by atoms with Crippen LogP contribution in [-0.2, 0) is 0 Å². The molecule has 0 aliphatic heterocycles. The second kappa shape index (κ2) is 2.97. The Hall–Kier alpha value is -0.370. The summed E-state index contributed by atoms with van der Waals surface area (Å²) in [5, 5.41) is 0. The average molecular weight is 188 g/mol. The Morgan fingerprint density at radius 2 is 1.78 bits per heavy atom. The topological polar surface area (TPSA) is 0 Å². The van der Waals surface area contributed by atoms with Gasteiger partial charge in [-0.3, -0.25) is 0 Å². The van der Waals surface area contributed by atoms with Gasteiger partial charge in [-0.2, -0.15) is 0 Å². The van der Waals surface area contributed by atoms with Crippen LogP contribution in [0.1, 0.15) is 5.56 Å². The lowest BCUT2D eigenvalue weighted by molar-refractivity contribution is 0.646. The Bertz CT molecular complexity index is 181. The zero-order chi connectivity index (χ0) is 6.69. The largest absolute Gasteiger partial charge is 0.239 e. The van der Waals surface area contributed by atoms with E-state index in [1.54, 1.807) is 24.3 Å². The molecule has 0 aromatic heterocycles. The number of hydrogen-bond donors (Lipinski definition) is 0. The van der Waals surface area contributed by atoms with Crippen LogP contribution < -0.4 is 0 Å². The second-order valence-corrected chi connectivity index (χ2v) is 2.58. The van der Waals surface area contributed by atoms with Crippen LogP contribution in [0.2, 0.25) is 0 Å². The summed E-state index contributed by atoms with van der Waals surface area (Å²) in [6.07, 6.45) is 0. The van der Waals surface area contributed by atoms with E-state index in [1.165, 1.54) is 0 Å². The van der Waals surface area contributed by atoms with E-state index in [4.69, 9.17) is 0 Å². The maximum Gasteiger partial charge on any atom is 0.160 e. The molecule has 0 atom stereocenters. The van der Waals surface area contributed by atoms with Gasteiger partial charge in [0.15, 0.2) is 6.67 Å². The van der Waals surface area contributed by atoms with Crippen LogP contribution in [0.3, 0.4) is 0 Å². The molecule has 0 unspecified atom stereocenters. The van der Waals surface area contributed by atoms with E-state index in [2.05, 4.69) is 15.9 Å². The van der Waals surface area contributed by atoms with Crippen LogP contribution in [-0.4, -0.2) is 0 Å². The van der Waals surface area contributed by atoms with Crippen molar-refractivity contribution < 1.29 is 4.39 Å². The van der Waals surface area contributed by atoms with E-state index >= 15 is 0 Å². The van der Waals surface area contributed by atoms with Crippen molar-refractivity contribution in [2.45, 2.75) is 0 Å². The maximum atomic E-state index is 11.7. The minimum Gasteiger partial charge on any atom is -0.239 e. The third kappa shape index (κ3) is 1.79. The molecule has 0 spiro atoms. The predicted molar refractivity (Wildman–Crippen MR) is 38.7 cm³/mol. The first-order chi connectivity index (χ1) is 4.33. The van der Waals surface area contributed by atoms with E-state index in [-0.39, 0.29) is 0 Å². The lowest BCUT2D eigenvalue weighted by Crippen LogP contribution is -1.72. The normalized spacial score (nSPS) is 9.56. The molecule has 0 heterocycles. The Morgan fingerprint density at radius 1 is 1.22 bits per heavy atom. The minimum absolute atomic E-state index is 0.576. The van der Waals surface area contributed by atoms with Crippen molar-refractivity contribution in [3.8, 4) is 0 Å². The molecular weight excluding hydrogens is 183 g/mol. The molecule has 1 rings (SSSR count). The van der Waals surface area contributed by atoms with Crippen LogP contribution in [0.15, 0.2) is 28.7 Å². The summed E-state index contributed by atoms with van der Waals surface area (Å²) in [6, 6.07) is 6.99. The molecule has 0 aliphatic rings. The first kappa shape index (κ1) is 6.75. The van der Waals surface area contributed by atoms with E-state index in [1.807, 2.05) is 0 Å². The highest BCUT2D eigenvalue weighted by molar-refractivity contribution is 9.10. The molecule has 1 radical (unpaired) electrons. The lowest BCUT2D eigenvalue weighted by atomic mass is 10.2.